The monoisotopic (exact) mass is 321 g/mol. The predicted octanol–water partition coefficient (Wildman–Crippen LogP) is 0.955. The molecule has 0 bridgehead atoms. The highest BCUT2D eigenvalue weighted by Crippen LogP contribution is 2.30. The minimum atomic E-state index is -1.11. The SMILES string of the molecule is CN=C(NC)SC1CC(=O)N(c2cccc(C(=O)O)c2)C1=O. The molecule has 0 spiro atoms. The number of carbonyl (C=O) groups is 3. The average molecular weight is 321 g/mol. The topological polar surface area (TPSA) is 99.1 Å². The van der Waals surface area contributed by atoms with Crippen molar-refractivity contribution in [3.63, 3.8) is 0 Å². The molecule has 0 aromatic heterocycles. The molecule has 1 fully saturated rings. The van der Waals surface area contributed by atoms with Crippen molar-refractivity contribution in [2.45, 2.75) is 11.7 Å². The summed E-state index contributed by atoms with van der Waals surface area (Å²) in [7, 11) is 3.28. The molecule has 2 N–H and O–H groups in total. The van der Waals surface area contributed by atoms with Crippen LogP contribution in [0.3, 0.4) is 0 Å². The van der Waals surface area contributed by atoms with Gasteiger partial charge in [-0.05, 0) is 18.2 Å². The average Bonchev–Trinajstić information content (AvgIpc) is 2.79. The van der Waals surface area contributed by atoms with Gasteiger partial charge in [0, 0.05) is 20.5 Å². The van der Waals surface area contributed by atoms with E-state index in [0.717, 1.165) is 4.90 Å². The second-order valence-corrected chi connectivity index (χ2v) is 5.70. The predicted molar refractivity (Wildman–Crippen MR) is 84.3 cm³/mol. The molecule has 22 heavy (non-hydrogen) atoms. The van der Waals surface area contributed by atoms with Crippen LogP contribution in [0.4, 0.5) is 5.69 Å². The molecule has 1 aromatic rings. The van der Waals surface area contributed by atoms with Crippen molar-refractivity contribution in [2.24, 2.45) is 4.99 Å². The minimum absolute atomic E-state index is 0.0280. The highest BCUT2D eigenvalue weighted by atomic mass is 32.2. The van der Waals surface area contributed by atoms with Crippen molar-refractivity contribution in [2.75, 3.05) is 19.0 Å². The first-order valence-corrected chi connectivity index (χ1v) is 7.37. The number of thioether (sulfide) groups is 1. The molecule has 1 heterocycles. The molecular formula is C14H15N3O4S. The number of aromatic carboxylic acids is 1. The standard InChI is InChI=1S/C14H15N3O4S/c1-15-14(16-2)22-10-7-11(18)17(12(10)19)9-5-3-4-8(6-9)13(20)21/h3-6,10H,7H2,1-2H3,(H,15,16)(H,20,21). The van der Waals surface area contributed by atoms with Crippen molar-refractivity contribution < 1.29 is 19.5 Å². The largest absolute Gasteiger partial charge is 0.478 e. The van der Waals surface area contributed by atoms with Gasteiger partial charge < -0.3 is 10.4 Å². The summed E-state index contributed by atoms with van der Waals surface area (Å²) in [4.78, 5) is 40.5. The van der Waals surface area contributed by atoms with Gasteiger partial charge in [0.15, 0.2) is 5.17 Å². The molecule has 7 nitrogen and oxygen atoms in total. The summed E-state index contributed by atoms with van der Waals surface area (Å²) in [5.41, 5.74) is 0.303. The minimum Gasteiger partial charge on any atom is -0.478 e. The molecule has 1 unspecified atom stereocenters. The quantitative estimate of drug-likeness (QED) is 0.489. The molecule has 1 aliphatic rings. The Balaban J connectivity index is 2.26. The van der Waals surface area contributed by atoms with E-state index in [2.05, 4.69) is 10.3 Å². The molecular weight excluding hydrogens is 306 g/mol. The van der Waals surface area contributed by atoms with Gasteiger partial charge in [-0.25, -0.2) is 9.69 Å². The fraction of sp³-hybridized carbons (Fsp3) is 0.286. The number of carboxylic acids is 1. The zero-order valence-electron chi connectivity index (χ0n) is 12.1. The first-order valence-electron chi connectivity index (χ1n) is 6.49. The lowest BCUT2D eigenvalue weighted by Gasteiger charge is -2.15. The maximum absolute atomic E-state index is 12.4. The Kier molecular flexibility index (Phi) is 4.81. The maximum atomic E-state index is 12.4. The molecule has 8 heteroatoms. The van der Waals surface area contributed by atoms with Crippen LogP contribution in [0.5, 0.6) is 0 Å². The summed E-state index contributed by atoms with van der Waals surface area (Å²) >= 11 is 1.18. The summed E-state index contributed by atoms with van der Waals surface area (Å²) in [5, 5.41) is 11.8. The zero-order valence-corrected chi connectivity index (χ0v) is 12.9. The third-order valence-corrected chi connectivity index (χ3v) is 4.39. The van der Waals surface area contributed by atoms with E-state index in [1.165, 1.54) is 30.0 Å². The Labute approximate surface area is 131 Å². The molecule has 0 saturated carbocycles. The molecule has 0 aliphatic carbocycles. The Morgan fingerprint density at radius 1 is 1.45 bits per heavy atom. The van der Waals surface area contributed by atoms with Crippen LogP contribution in [0, 0.1) is 0 Å². The van der Waals surface area contributed by atoms with Gasteiger partial charge in [0.05, 0.1) is 11.3 Å². The number of aliphatic imine (C=N–C) groups is 1. The smallest absolute Gasteiger partial charge is 0.335 e. The number of hydrogen-bond donors (Lipinski definition) is 2. The summed E-state index contributed by atoms with van der Waals surface area (Å²) in [5.74, 6) is -1.83. The number of nitrogens with one attached hydrogen (secondary N) is 1. The van der Waals surface area contributed by atoms with Crippen molar-refractivity contribution >= 4 is 40.4 Å². The van der Waals surface area contributed by atoms with Gasteiger partial charge in [0.25, 0.3) is 0 Å². The third-order valence-electron chi connectivity index (χ3n) is 3.13. The van der Waals surface area contributed by atoms with E-state index >= 15 is 0 Å². The molecule has 1 saturated heterocycles. The van der Waals surface area contributed by atoms with E-state index in [9.17, 15) is 14.4 Å². The van der Waals surface area contributed by atoms with Gasteiger partial charge in [0.1, 0.15) is 5.25 Å². The van der Waals surface area contributed by atoms with Gasteiger partial charge in [0.2, 0.25) is 11.8 Å². The third kappa shape index (κ3) is 3.11. The molecule has 2 rings (SSSR count). The van der Waals surface area contributed by atoms with E-state index < -0.39 is 11.2 Å². The van der Waals surface area contributed by atoms with E-state index in [0.29, 0.717) is 5.17 Å². The number of rotatable bonds is 3. The number of nitrogens with zero attached hydrogens (tertiary/aromatic N) is 2. The van der Waals surface area contributed by atoms with Crippen LogP contribution < -0.4 is 10.2 Å². The van der Waals surface area contributed by atoms with Crippen LogP contribution >= 0.6 is 11.8 Å². The number of benzene rings is 1. The van der Waals surface area contributed by atoms with Crippen LogP contribution in [-0.2, 0) is 9.59 Å². The number of carboxylic acid groups (broad SMARTS) is 1. The number of hydrogen-bond acceptors (Lipinski definition) is 5. The van der Waals surface area contributed by atoms with E-state index in [4.69, 9.17) is 5.11 Å². The van der Waals surface area contributed by atoms with Crippen molar-refractivity contribution in [1.29, 1.82) is 0 Å². The number of amidine groups is 1. The van der Waals surface area contributed by atoms with Crippen molar-refractivity contribution in [3.05, 3.63) is 29.8 Å². The fourth-order valence-electron chi connectivity index (χ4n) is 2.10. The number of anilines is 1. The Bertz CT molecular complexity index is 659. The van der Waals surface area contributed by atoms with E-state index in [1.54, 1.807) is 20.2 Å². The summed E-state index contributed by atoms with van der Waals surface area (Å²) in [6.07, 6.45) is 0.0570. The number of amides is 2. The lowest BCUT2D eigenvalue weighted by atomic mass is 10.2. The molecule has 1 aromatic carbocycles. The first-order chi connectivity index (χ1) is 10.5. The summed E-state index contributed by atoms with van der Waals surface area (Å²) in [6.45, 7) is 0. The van der Waals surface area contributed by atoms with E-state index in [1.807, 2.05) is 0 Å². The van der Waals surface area contributed by atoms with Gasteiger partial charge in [-0.1, -0.05) is 17.8 Å². The van der Waals surface area contributed by atoms with Crippen LogP contribution in [0.25, 0.3) is 0 Å². The van der Waals surface area contributed by atoms with Crippen LogP contribution in [0.15, 0.2) is 29.3 Å². The van der Waals surface area contributed by atoms with Crippen LogP contribution in [-0.4, -0.2) is 47.4 Å². The van der Waals surface area contributed by atoms with Gasteiger partial charge in [-0.2, -0.15) is 0 Å². The molecule has 2 amide bonds. The summed E-state index contributed by atoms with van der Waals surface area (Å²) in [6, 6.07) is 5.78. The van der Waals surface area contributed by atoms with Gasteiger partial charge in [-0.3, -0.25) is 14.6 Å². The lowest BCUT2D eigenvalue weighted by Crippen LogP contribution is -2.32. The number of imide groups is 1. The molecule has 116 valence electrons. The lowest BCUT2D eigenvalue weighted by molar-refractivity contribution is -0.121. The second-order valence-electron chi connectivity index (χ2n) is 4.51. The normalized spacial score (nSPS) is 18.7. The molecule has 0 radical (unpaired) electrons. The van der Waals surface area contributed by atoms with Crippen LogP contribution in [0.2, 0.25) is 0 Å². The molecule has 1 aliphatic heterocycles. The summed E-state index contributed by atoms with van der Waals surface area (Å²) < 4.78 is 0. The second kappa shape index (κ2) is 6.61. The van der Waals surface area contributed by atoms with Crippen LogP contribution in [0.1, 0.15) is 16.8 Å². The first kappa shape index (κ1) is 16.0. The van der Waals surface area contributed by atoms with Gasteiger partial charge >= 0.3 is 5.97 Å². The Morgan fingerprint density at radius 3 is 2.77 bits per heavy atom. The zero-order chi connectivity index (χ0) is 16.3. The maximum Gasteiger partial charge on any atom is 0.335 e. The Hall–Kier alpha value is -2.35. The van der Waals surface area contributed by atoms with Crippen molar-refractivity contribution in [1.82, 2.24) is 5.32 Å². The highest BCUT2D eigenvalue weighted by molar-refractivity contribution is 8.15. The molecule has 1 atom stereocenters. The van der Waals surface area contributed by atoms with Gasteiger partial charge in [-0.15, -0.1) is 0 Å². The number of carbonyl (C=O) groups excluding carboxylic acids is 2. The fourth-order valence-corrected chi connectivity index (χ4v) is 3.03. The Morgan fingerprint density at radius 2 is 2.18 bits per heavy atom. The highest BCUT2D eigenvalue weighted by Gasteiger charge is 2.40. The van der Waals surface area contributed by atoms with E-state index in [-0.39, 0.29) is 29.5 Å². The van der Waals surface area contributed by atoms with Crippen molar-refractivity contribution in [3.8, 4) is 0 Å².